The van der Waals surface area contributed by atoms with Crippen molar-refractivity contribution in [3.05, 3.63) is 82.9 Å². The lowest BCUT2D eigenvalue weighted by atomic mass is 10.1. The fourth-order valence-corrected chi connectivity index (χ4v) is 2.92. The standard InChI is InChI=1S/C21H22FN3O/c1-15-21(23-20(26)13-12-17-8-4-3-5-9-17)16(2)25(24-15)14-18-10-6-7-11-19(18)22/h3-11H,12-14H2,1-2H3,(H,23,26). The van der Waals surface area contributed by atoms with Crippen LogP contribution in [0.4, 0.5) is 10.1 Å². The quantitative estimate of drug-likeness (QED) is 0.721. The Hall–Kier alpha value is -2.95. The van der Waals surface area contributed by atoms with E-state index < -0.39 is 0 Å². The Kier molecular flexibility index (Phi) is 5.46. The van der Waals surface area contributed by atoms with Gasteiger partial charge < -0.3 is 5.32 Å². The molecule has 0 saturated carbocycles. The Morgan fingerprint density at radius 1 is 1.08 bits per heavy atom. The molecule has 134 valence electrons. The predicted octanol–water partition coefficient (Wildman–Crippen LogP) is 4.26. The van der Waals surface area contributed by atoms with Crippen LogP contribution >= 0.6 is 0 Å². The normalized spacial score (nSPS) is 10.7. The van der Waals surface area contributed by atoms with E-state index in [2.05, 4.69) is 10.4 Å². The number of nitrogens with one attached hydrogen (secondary N) is 1. The molecule has 0 spiro atoms. The zero-order valence-corrected chi connectivity index (χ0v) is 15.0. The van der Waals surface area contributed by atoms with Gasteiger partial charge in [-0.15, -0.1) is 0 Å². The minimum Gasteiger partial charge on any atom is -0.323 e. The van der Waals surface area contributed by atoms with Gasteiger partial charge in [-0.3, -0.25) is 9.48 Å². The molecule has 0 aliphatic rings. The van der Waals surface area contributed by atoms with E-state index in [1.54, 1.807) is 22.9 Å². The summed E-state index contributed by atoms with van der Waals surface area (Å²) in [6, 6.07) is 16.6. The van der Waals surface area contributed by atoms with Crippen LogP contribution in [-0.4, -0.2) is 15.7 Å². The monoisotopic (exact) mass is 351 g/mol. The summed E-state index contributed by atoms with van der Waals surface area (Å²) in [7, 11) is 0. The van der Waals surface area contributed by atoms with Gasteiger partial charge in [0.05, 0.1) is 23.6 Å². The summed E-state index contributed by atoms with van der Waals surface area (Å²) >= 11 is 0. The highest BCUT2D eigenvalue weighted by atomic mass is 19.1. The van der Waals surface area contributed by atoms with E-state index >= 15 is 0 Å². The molecule has 1 amide bonds. The van der Waals surface area contributed by atoms with Crippen molar-refractivity contribution < 1.29 is 9.18 Å². The maximum absolute atomic E-state index is 13.9. The Bertz CT molecular complexity index is 903. The molecular weight excluding hydrogens is 329 g/mol. The minimum absolute atomic E-state index is 0.0505. The second-order valence-electron chi connectivity index (χ2n) is 6.33. The zero-order valence-electron chi connectivity index (χ0n) is 15.0. The molecule has 0 saturated heterocycles. The Morgan fingerprint density at radius 2 is 1.77 bits per heavy atom. The molecule has 26 heavy (non-hydrogen) atoms. The Morgan fingerprint density at radius 3 is 2.50 bits per heavy atom. The second-order valence-corrected chi connectivity index (χ2v) is 6.33. The van der Waals surface area contributed by atoms with Crippen molar-refractivity contribution in [2.45, 2.75) is 33.2 Å². The highest BCUT2D eigenvalue weighted by molar-refractivity contribution is 5.92. The number of hydrogen-bond acceptors (Lipinski definition) is 2. The first kappa shape index (κ1) is 17.9. The summed E-state index contributed by atoms with van der Waals surface area (Å²) in [5, 5.41) is 7.41. The summed E-state index contributed by atoms with van der Waals surface area (Å²) < 4.78 is 15.6. The molecule has 3 aromatic rings. The SMILES string of the molecule is Cc1nn(Cc2ccccc2F)c(C)c1NC(=O)CCc1ccccc1. The van der Waals surface area contributed by atoms with Crippen molar-refractivity contribution >= 4 is 11.6 Å². The molecule has 0 aliphatic heterocycles. The van der Waals surface area contributed by atoms with Crippen LogP contribution in [0.25, 0.3) is 0 Å². The molecule has 0 fully saturated rings. The first-order chi connectivity index (χ1) is 12.5. The van der Waals surface area contributed by atoms with Gasteiger partial charge in [-0.1, -0.05) is 48.5 Å². The van der Waals surface area contributed by atoms with Crippen molar-refractivity contribution in [3.8, 4) is 0 Å². The van der Waals surface area contributed by atoms with Crippen LogP contribution < -0.4 is 5.32 Å². The number of carbonyl (C=O) groups is 1. The molecule has 0 radical (unpaired) electrons. The number of rotatable bonds is 6. The van der Waals surface area contributed by atoms with Crippen molar-refractivity contribution in [2.24, 2.45) is 0 Å². The van der Waals surface area contributed by atoms with Gasteiger partial charge in [0.1, 0.15) is 5.82 Å². The van der Waals surface area contributed by atoms with Gasteiger partial charge in [-0.05, 0) is 31.9 Å². The topological polar surface area (TPSA) is 46.9 Å². The van der Waals surface area contributed by atoms with Crippen molar-refractivity contribution in [2.75, 3.05) is 5.32 Å². The van der Waals surface area contributed by atoms with Crippen LogP contribution in [0.3, 0.4) is 0 Å². The van der Waals surface area contributed by atoms with Crippen LogP contribution in [0.5, 0.6) is 0 Å². The maximum atomic E-state index is 13.9. The van der Waals surface area contributed by atoms with E-state index in [0.29, 0.717) is 30.6 Å². The van der Waals surface area contributed by atoms with E-state index in [1.165, 1.54) is 6.07 Å². The van der Waals surface area contributed by atoms with Gasteiger partial charge in [-0.2, -0.15) is 5.10 Å². The Balaban J connectivity index is 1.68. The molecule has 1 N–H and O–H groups in total. The third-order valence-corrected chi connectivity index (χ3v) is 4.41. The number of benzene rings is 2. The van der Waals surface area contributed by atoms with Crippen LogP contribution in [0.1, 0.15) is 28.9 Å². The van der Waals surface area contributed by atoms with Gasteiger partial charge in [0.2, 0.25) is 5.91 Å². The number of halogens is 1. The van der Waals surface area contributed by atoms with E-state index in [9.17, 15) is 9.18 Å². The van der Waals surface area contributed by atoms with Gasteiger partial charge in [-0.25, -0.2) is 4.39 Å². The summed E-state index contributed by atoms with van der Waals surface area (Å²) in [5.74, 6) is -0.306. The largest absolute Gasteiger partial charge is 0.323 e. The summed E-state index contributed by atoms with van der Waals surface area (Å²) in [6.45, 7) is 4.06. The van der Waals surface area contributed by atoms with E-state index in [1.807, 2.05) is 44.2 Å². The number of nitrogens with zero attached hydrogens (tertiary/aromatic N) is 2. The smallest absolute Gasteiger partial charge is 0.224 e. The highest BCUT2D eigenvalue weighted by Crippen LogP contribution is 2.21. The highest BCUT2D eigenvalue weighted by Gasteiger charge is 2.15. The van der Waals surface area contributed by atoms with Crippen LogP contribution in [0.15, 0.2) is 54.6 Å². The molecular formula is C21H22FN3O. The average molecular weight is 351 g/mol. The minimum atomic E-state index is -0.256. The maximum Gasteiger partial charge on any atom is 0.224 e. The van der Waals surface area contributed by atoms with Gasteiger partial charge in [0.15, 0.2) is 0 Å². The van der Waals surface area contributed by atoms with E-state index in [4.69, 9.17) is 0 Å². The number of carbonyl (C=O) groups excluding carboxylic acids is 1. The van der Waals surface area contributed by atoms with Gasteiger partial charge >= 0.3 is 0 Å². The number of aryl methyl sites for hydroxylation is 2. The summed E-state index contributed by atoms with van der Waals surface area (Å²) in [6.07, 6.45) is 1.09. The van der Waals surface area contributed by atoms with Crippen LogP contribution in [-0.2, 0) is 17.8 Å². The number of aromatic nitrogens is 2. The number of hydrogen-bond donors (Lipinski definition) is 1. The summed E-state index contributed by atoms with van der Waals surface area (Å²) in [5.41, 5.74) is 3.96. The number of anilines is 1. The van der Waals surface area contributed by atoms with Gasteiger partial charge in [0.25, 0.3) is 0 Å². The van der Waals surface area contributed by atoms with Crippen molar-refractivity contribution in [1.29, 1.82) is 0 Å². The molecule has 1 heterocycles. The second kappa shape index (κ2) is 7.95. The van der Waals surface area contributed by atoms with E-state index in [0.717, 1.165) is 17.0 Å². The summed E-state index contributed by atoms with van der Waals surface area (Å²) in [4.78, 5) is 12.3. The fourth-order valence-electron chi connectivity index (χ4n) is 2.92. The predicted molar refractivity (Wildman–Crippen MR) is 101 cm³/mol. The average Bonchev–Trinajstić information content (AvgIpc) is 2.90. The third-order valence-electron chi connectivity index (χ3n) is 4.41. The zero-order chi connectivity index (χ0) is 18.5. The van der Waals surface area contributed by atoms with Crippen LogP contribution in [0, 0.1) is 19.7 Å². The first-order valence-electron chi connectivity index (χ1n) is 8.66. The number of amides is 1. The molecule has 0 atom stereocenters. The molecule has 0 aliphatic carbocycles. The van der Waals surface area contributed by atoms with Crippen molar-refractivity contribution in [1.82, 2.24) is 9.78 Å². The lowest BCUT2D eigenvalue weighted by molar-refractivity contribution is -0.116. The molecule has 3 rings (SSSR count). The third kappa shape index (κ3) is 4.17. The van der Waals surface area contributed by atoms with Gasteiger partial charge in [0, 0.05) is 12.0 Å². The lowest BCUT2D eigenvalue weighted by Crippen LogP contribution is -2.14. The molecule has 4 nitrogen and oxygen atoms in total. The lowest BCUT2D eigenvalue weighted by Gasteiger charge is -2.08. The first-order valence-corrected chi connectivity index (χ1v) is 8.66. The molecule has 2 aromatic carbocycles. The van der Waals surface area contributed by atoms with E-state index in [-0.39, 0.29) is 11.7 Å². The Labute approximate surface area is 152 Å². The molecule has 1 aromatic heterocycles. The fraction of sp³-hybridized carbons (Fsp3) is 0.238. The molecule has 5 heteroatoms. The van der Waals surface area contributed by atoms with Crippen LogP contribution in [0.2, 0.25) is 0 Å². The van der Waals surface area contributed by atoms with Crippen molar-refractivity contribution in [3.63, 3.8) is 0 Å². The molecule has 0 bridgehead atoms. The molecule has 0 unspecified atom stereocenters.